The lowest BCUT2D eigenvalue weighted by atomic mass is 10.1. The number of nitrogens with one attached hydrogen (secondary N) is 1. The number of likely N-dealkylation sites (N-methyl/N-ethyl adjacent to an activating group) is 1. The number of carbonyl (C=O) groups is 1. The van der Waals surface area contributed by atoms with Crippen molar-refractivity contribution in [3.8, 4) is 0 Å². The van der Waals surface area contributed by atoms with Crippen molar-refractivity contribution in [2.75, 3.05) is 20.1 Å². The molecule has 0 saturated carbocycles. The minimum absolute atomic E-state index is 0.00693. The van der Waals surface area contributed by atoms with Crippen LogP contribution in [-0.2, 0) is 11.3 Å². The molecule has 1 aromatic heterocycles. The number of fused-ring (bicyclic) bond motifs is 1. The van der Waals surface area contributed by atoms with E-state index in [2.05, 4.69) is 5.32 Å². The van der Waals surface area contributed by atoms with E-state index in [1.54, 1.807) is 12.3 Å². The van der Waals surface area contributed by atoms with Gasteiger partial charge in [0.05, 0.1) is 5.52 Å². The number of aromatic nitrogens is 1. The van der Waals surface area contributed by atoms with Crippen molar-refractivity contribution in [2.45, 2.75) is 25.4 Å². The Labute approximate surface area is 129 Å². The molecule has 1 amide bonds. The van der Waals surface area contributed by atoms with Crippen LogP contribution in [0.4, 0.5) is 0 Å². The lowest BCUT2D eigenvalue weighted by molar-refractivity contribution is -0.133. The summed E-state index contributed by atoms with van der Waals surface area (Å²) in [4.78, 5) is 26.4. The summed E-state index contributed by atoms with van der Waals surface area (Å²) in [6.45, 7) is 1.85. The van der Waals surface area contributed by atoms with Crippen LogP contribution in [0.1, 0.15) is 12.8 Å². The van der Waals surface area contributed by atoms with Gasteiger partial charge in [-0.2, -0.15) is 0 Å². The summed E-state index contributed by atoms with van der Waals surface area (Å²) in [5, 5.41) is 3.90. The Bertz CT molecular complexity index is 738. The molecule has 1 N–H and O–H groups in total. The van der Waals surface area contributed by atoms with Crippen LogP contribution >= 0.6 is 0 Å². The van der Waals surface area contributed by atoms with Gasteiger partial charge < -0.3 is 14.8 Å². The number of para-hydroxylation sites is 1. The Kier molecular flexibility index (Phi) is 4.24. The lowest BCUT2D eigenvalue weighted by Gasteiger charge is -2.32. The van der Waals surface area contributed by atoms with E-state index in [1.807, 2.05) is 34.7 Å². The Morgan fingerprint density at radius 1 is 1.32 bits per heavy atom. The molecule has 1 aliphatic heterocycles. The molecular weight excluding hydrogens is 278 g/mol. The third-order valence-electron chi connectivity index (χ3n) is 4.37. The van der Waals surface area contributed by atoms with Crippen LogP contribution in [0.5, 0.6) is 0 Å². The van der Waals surface area contributed by atoms with E-state index in [1.165, 1.54) is 6.07 Å². The van der Waals surface area contributed by atoms with Gasteiger partial charge in [-0.3, -0.25) is 9.59 Å². The van der Waals surface area contributed by atoms with E-state index in [0.717, 1.165) is 31.4 Å². The van der Waals surface area contributed by atoms with Crippen LogP contribution in [0.15, 0.2) is 41.3 Å². The van der Waals surface area contributed by atoms with Crippen molar-refractivity contribution >= 4 is 16.8 Å². The molecule has 1 aliphatic rings. The first kappa shape index (κ1) is 14.8. The topological polar surface area (TPSA) is 54.3 Å². The van der Waals surface area contributed by atoms with Gasteiger partial charge in [-0.1, -0.05) is 12.1 Å². The van der Waals surface area contributed by atoms with Gasteiger partial charge in [-0.15, -0.1) is 0 Å². The van der Waals surface area contributed by atoms with Gasteiger partial charge in [-0.25, -0.2) is 0 Å². The number of hydrogen-bond donors (Lipinski definition) is 1. The van der Waals surface area contributed by atoms with E-state index < -0.39 is 0 Å². The lowest BCUT2D eigenvalue weighted by Crippen LogP contribution is -2.47. The van der Waals surface area contributed by atoms with E-state index >= 15 is 0 Å². The summed E-state index contributed by atoms with van der Waals surface area (Å²) >= 11 is 0. The highest BCUT2D eigenvalue weighted by Crippen LogP contribution is 2.13. The normalized spacial score (nSPS) is 18.6. The first-order chi connectivity index (χ1) is 10.7. The van der Waals surface area contributed by atoms with E-state index in [0.29, 0.717) is 11.4 Å². The zero-order valence-electron chi connectivity index (χ0n) is 12.8. The fourth-order valence-corrected chi connectivity index (χ4v) is 3.08. The Balaban J connectivity index is 1.83. The Hall–Kier alpha value is -2.14. The van der Waals surface area contributed by atoms with E-state index in [-0.39, 0.29) is 17.9 Å². The van der Waals surface area contributed by atoms with Gasteiger partial charge >= 0.3 is 0 Å². The smallest absolute Gasteiger partial charge is 0.242 e. The molecule has 0 bridgehead atoms. The third-order valence-corrected chi connectivity index (χ3v) is 4.37. The molecule has 0 aliphatic carbocycles. The molecule has 22 heavy (non-hydrogen) atoms. The molecule has 2 heterocycles. The summed E-state index contributed by atoms with van der Waals surface area (Å²) in [6, 6.07) is 9.33. The zero-order chi connectivity index (χ0) is 15.5. The molecule has 0 spiro atoms. The largest absolute Gasteiger partial charge is 0.340 e. The average Bonchev–Trinajstić information content (AvgIpc) is 2.57. The molecule has 1 fully saturated rings. The highest BCUT2D eigenvalue weighted by Gasteiger charge is 2.22. The fourth-order valence-electron chi connectivity index (χ4n) is 3.08. The first-order valence-corrected chi connectivity index (χ1v) is 7.72. The number of piperidine rings is 1. The van der Waals surface area contributed by atoms with Gasteiger partial charge in [0.15, 0.2) is 5.43 Å². The summed E-state index contributed by atoms with van der Waals surface area (Å²) < 4.78 is 1.86. The predicted octanol–water partition coefficient (Wildman–Crippen LogP) is 1.21. The molecule has 1 atom stereocenters. The van der Waals surface area contributed by atoms with Crippen LogP contribution in [0.3, 0.4) is 0 Å². The number of amides is 1. The first-order valence-electron chi connectivity index (χ1n) is 7.72. The second-order valence-electron chi connectivity index (χ2n) is 5.79. The molecule has 0 unspecified atom stereocenters. The highest BCUT2D eigenvalue weighted by molar-refractivity contribution is 5.82. The maximum Gasteiger partial charge on any atom is 0.242 e. The number of hydrogen-bond acceptors (Lipinski definition) is 3. The van der Waals surface area contributed by atoms with E-state index in [9.17, 15) is 9.59 Å². The average molecular weight is 299 g/mol. The highest BCUT2D eigenvalue weighted by atomic mass is 16.2. The maximum atomic E-state index is 12.6. The van der Waals surface area contributed by atoms with Crippen molar-refractivity contribution < 1.29 is 4.79 Å². The minimum Gasteiger partial charge on any atom is -0.340 e. The van der Waals surface area contributed by atoms with Gasteiger partial charge in [0.25, 0.3) is 0 Å². The summed E-state index contributed by atoms with van der Waals surface area (Å²) in [6.07, 6.45) is 3.85. The van der Waals surface area contributed by atoms with Crippen LogP contribution in [0, 0.1) is 0 Å². The second kappa shape index (κ2) is 6.32. The number of carbonyl (C=O) groups excluding carboxylic acids is 1. The predicted molar refractivity (Wildman–Crippen MR) is 86.9 cm³/mol. The summed E-state index contributed by atoms with van der Waals surface area (Å²) in [5.74, 6) is 0.105. The van der Waals surface area contributed by atoms with Gasteiger partial charge in [-0.05, 0) is 32.0 Å². The van der Waals surface area contributed by atoms with Crippen molar-refractivity contribution in [1.29, 1.82) is 0 Å². The molecule has 5 heteroatoms. The number of benzene rings is 1. The second-order valence-corrected chi connectivity index (χ2v) is 5.79. The van der Waals surface area contributed by atoms with Crippen molar-refractivity contribution in [2.24, 2.45) is 0 Å². The summed E-state index contributed by atoms with van der Waals surface area (Å²) in [5.41, 5.74) is 0.804. The van der Waals surface area contributed by atoms with Crippen molar-refractivity contribution in [3.05, 3.63) is 46.8 Å². The monoisotopic (exact) mass is 299 g/mol. The van der Waals surface area contributed by atoms with Crippen LogP contribution < -0.4 is 10.7 Å². The van der Waals surface area contributed by atoms with E-state index in [4.69, 9.17) is 0 Å². The molecule has 5 nitrogen and oxygen atoms in total. The van der Waals surface area contributed by atoms with Crippen molar-refractivity contribution in [3.63, 3.8) is 0 Å². The number of likely N-dealkylation sites (tertiary alicyclic amines) is 1. The standard InChI is InChI=1S/C17H21N3O2/c1-18-13-5-4-9-20(11-13)17(22)12-19-10-8-16(21)14-6-2-3-7-15(14)19/h2-3,6-8,10,13,18H,4-5,9,11-12H2,1H3/t13-/m1/s1. The van der Waals surface area contributed by atoms with Crippen LogP contribution in [0.25, 0.3) is 10.9 Å². The third kappa shape index (κ3) is 2.90. The zero-order valence-corrected chi connectivity index (χ0v) is 12.8. The number of pyridine rings is 1. The van der Waals surface area contributed by atoms with Crippen molar-refractivity contribution in [1.82, 2.24) is 14.8 Å². The van der Waals surface area contributed by atoms with Gasteiger partial charge in [0.2, 0.25) is 5.91 Å². The molecule has 1 aromatic carbocycles. The molecule has 116 valence electrons. The quantitative estimate of drug-likeness (QED) is 0.927. The van der Waals surface area contributed by atoms with Gasteiger partial charge in [0, 0.05) is 36.8 Å². The molecule has 2 aromatic rings. The van der Waals surface area contributed by atoms with Crippen LogP contribution in [-0.4, -0.2) is 41.6 Å². The summed E-state index contributed by atoms with van der Waals surface area (Å²) in [7, 11) is 1.94. The Morgan fingerprint density at radius 2 is 2.14 bits per heavy atom. The molecule has 0 radical (unpaired) electrons. The van der Waals surface area contributed by atoms with Crippen LogP contribution in [0.2, 0.25) is 0 Å². The Morgan fingerprint density at radius 3 is 2.95 bits per heavy atom. The maximum absolute atomic E-state index is 12.6. The number of nitrogens with zero attached hydrogens (tertiary/aromatic N) is 2. The molecule has 1 saturated heterocycles. The molecular formula is C17H21N3O2. The van der Waals surface area contributed by atoms with Gasteiger partial charge in [0.1, 0.15) is 6.54 Å². The fraction of sp³-hybridized carbons (Fsp3) is 0.412. The SMILES string of the molecule is CN[C@@H]1CCCN(C(=O)Cn2ccc(=O)c3ccccc32)C1. The minimum atomic E-state index is -0.00693. The number of rotatable bonds is 3. The molecule has 3 rings (SSSR count).